The normalized spacial score (nSPS) is 14.1. The summed E-state index contributed by atoms with van der Waals surface area (Å²) in [4.78, 5) is 18.6. The van der Waals surface area contributed by atoms with E-state index in [0.29, 0.717) is 25.4 Å². The predicted molar refractivity (Wildman–Crippen MR) is 132 cm³/mol. The summed E-state index contributed by atoms with van der Waals surface area (Å²) in [6, 6.07) is 12.7. The van der Waals surface area contributed by atoms with Gasteiger partial charge in [-0.15, -0.1) is 0 Å². The Kier molecular flexibility index (Phi) is 7.30. The molecule has 0 N–H and O–H groups in total. The molecule has 1 fully saturated rings. The minimum atomic E-state index is -0.155. The minimum Gasteiger partial charge on any atom is -0.493 e. The maximum atomic E-state index is 11.8. The highest BCUT2D eigenvalue weighted by Crippen LogP contribution is 2.37. The summed E-state index contributed by atoms with van der Waals surface area (Å²) in [5.74, 6) is 1.41. The average Bonchev–Trinajstić information content (AvgIpc) is 3.46. The largest absolute Gasteiger partial charge is 0.493 e. The molecule has 0 amide bonds. The van der Waals surface area contributed by atoms with Crippen molar-refractivity contribution in [3.05, 3.63) is 42.0 Å². The van der Waals surface area contributed by atoms with Crippen molar-refractivity contribution >= 4 is 32.7 Å². The van der Waals surface area contributed by atoms with Crippen molar-refractivity contribution in [2.45, 2.75) is 45.4 Å². The van der Waals surface area contributed by atoms with Gasteiger partial charge in [-0.05, 0) is 67.5 Å². The van der Waals surface area contributed by atoms with Crippen LogP contribution in [0.2, 0.25) is 0 Å². The van der Waals surface area contributed by atoms with Crippen molar-refractivity contribution < 1.29 is 14.3 Å². The Labute approximate surface area is 194 Å². The number of nitrogens with zero attached hydrogens (tertiary/aromatic N) is 2. The molecule has 1 saturated carbocycles. The van der Waals surface area contributed by atoms with E-state index in [1.807, 2.05) is 25.9 Å². The lowest BCUT2D eigenvalue weighted by Crippen LogP contribution is -2.09. The summed E-state index contributed by atoms with van der Waals surface area (Å²) in [5.41, 5.74) is 4.31. The van der Waals surface area contributed by atoms with Gasteiger partial charge in [0.05, 0.1) is 23.4 Å². The van der Waals surface area contributed by atoms with Crippen LogP contribution in [0.5, 0.6) is 5.75 Å². The van der Waals surface area contributed by atoms with Crippen LogP contribution in [0, 0.1) is 5.92 Å². The third kappa shape index (κ3) is 5.41. The standard InChI is InChI=1S/C26H32N2O3S/c1-4-30-25(29)14-10-18-9-13-23(31-17-19-7-5-6-8-19)21(15-18)20-11-12-22-24(16-20)32-26(27-22)28(2)3/h9,11-13,15-16,19H,4-8,10,14,17H2,1-3H3. The van der Waals surface area contributed by atoms with Crippen molar-refractivity contribution in [3.63, 3.8) is 0 Å². The number of hydrogen-bond acceptors (Lipinski definition) is 6. The van der Waals surface area contributed by atoms with Gasteiger partial charge >= 0.3 is 5.97 Å². The molecule has 0 saturated heterocycles. The number of anilines is 1. The maximum absolute atomic E-state index is 11.8. The molecular weight excluding hydrogens is 420 g/mol. The van der Waals surface area contributed by atoms with Gasteiger partial charge < -0.3 is 14.4 Å². The van der Waals surface area contributed by atoms with Gasteiger partial charge in [0.25, 0.3) is 0 Å². The van der Waals surface area contributed by atoms with Crippen LogP contribution in [0.4, 0.5) is 5.13 Å². The van der Waals surface area contributed by atoms with Crippen LogP contribution < -0.4 is 9.64 Å². The summed E-state index contributed by atoms with van der Waals surface area (Å²) < 4.78 is 12.6. The second-order valence-corrected chi connectivity index (χ2v) is 9.68. The SMILES string of the molecule is CCOC(=O)CCc1ccc(OCC2CCCC2)c(-c2ccc3nc(N(C)C)sc3c2)c1. The van der Waals surface area contributed by atoms with E-state index >= 15 is 0 Å². The zero-order chi connectivity index (χ0) is 22.5. The average molecular weight is 453 g/mol. The molecule has 4 rings (SSSR count). The molecule has 2 aromatic carbocycles. The van der Waals surface area contributed by atoms with Gasteiger partial charge in [0.1, 0.15) is 5.75 Å². The van der Waals surface area contributed by atoms with Gasteiger partial charge in [-0.25, -0.2) is 4.98 Å². The molecule has 1 heterocycles. The Morgan fingerprint density at radius 3 is 2.72 bits per heavy atom. The van der Waals surface area contributed by atoms with E-state index in [9.17, 15) is 4.79 Å². The second-order valence-electron chi connectivity index (χ2n) is 8.67. The van der Waals surface area contributed by atoms with Crippen LogP contribution in [0.3, 0.4) is 0 Å². The number of rotatable bonds is 9. The van der Waals surface area contributed by atoms with Crippen LogP contribution in [0.15, 0.2) is 36.4 Å². The molecule has 0 unspecified atom stereocenters. The van der Waals surface area contributed by atoms with E-state index in [1.165, 1.54) is 25.7 Å². The van der Waals surface area contributed by atoms with Gasteiger partial charge in [-0.2, -0.15) is 0 Å². The summed E-state index contributed by atoms with van der Waals surface area (Å²) in [6.07, 6.45) is 6.17. The first-order chi connectivity index (χ1) is 15.5. The molecule has 1 aliphatic carbocycles. The molecule has 0 aliphatic heterocycles. The predicted octanol–water partition coefficient (Wildman–Crippen LogP) is 6.09. The number of benzene rings is 2. The fourth-order valence-corrected chi connectivity index (χ4v) is 5.15. The van der Waals surface area contributed by atoms with E-state index < -0.39 is 0 Å². The first-order valence-corrected chi connectivity index (χ1v) is 12.3. The smallest absolute Gasteiger partial charge is 0.306 e. The number of thiazole rings is 1. The Morgan fingerprint density at radius 1 is 1.16 bits per heavy atom. The van der Waals surface area contributed by atoms with Crippen molar-refractivity contribution in [2.24, 2.45) is 5.92 Å². The zero-order valence-electron chi connectivity index (χ0n) is 19.2. The fourth-order valence-electron chi connectivity index (χ4n) is 4.22. The first kappa shape index (κ1) is 22.6. The molecule has 1 aliphatic rings. The molecule has 3 aromatic rings. The molecule has 0 atom stereocenters. The van der Waals surface area contributed by atoms with E-state index in [-0.39, 0.29) is 5.97 Å². The fraction of sp³-hybridized carbons (Fsp3) is 0.462. The Balaban J connectivity index is 1.63. The topological polar surface area (TPSA) is 51.7 Å². The van der Waals surface area contributed by atoms with Crippen molar-refractivity contribution in [1.29, 1.82) is 0 Å². The number of aryl methyl sites for hydroxylation is 1. The second kappa shape index (κ2) is 10.3. The van der Waals surface area contributed by atoms with E-state index in [0.717, 1.165) is 44.4 Å². The van der Waals surface area contributed by atoms with Crippen LogP contribution in [0.1, 0.15) is 44.6 Å². The van der Waals surface area contributed by atoms with E-state index in [1.54, 1.807) is 11.3 Å². The Morgan fingerprint density at radius 2 is 1.97 bits per heavy atom. The number of carbonyl (C=O) groups excluding carboxylic acids is 1. The van der Waals surface area contributed by atoms with Crippen LogP contribution in [0.25, 0.3) is 21.3 Å². The molecule has 0 spiro atoms. The quantitative estimate of drug-likeness (QED) is 0.368. The van der Waals surface area contributed by atoms with Gasteiger partial charge in [0.2, 0.25) is 0 Å². The lowest BCUT2D eigenvalue weighted by atomic mass is 9.99. The van der Waals surface area contributed by atoms with Crippen LogP contribution in [-0.2, 0) is 16.0 Å². The number of aromatic nitrogens is 1. The van der Waals surface area contributed by atoms with Gasteiger partial charge in [0, 0.05) is 26.1 Å². The van der Waals surface area contributed by atoms with E-state index in [4.69, 9.17) is 14.5 Å². The van der Waals surface area contributed by atoms with Crippen LogP contribution >= 0.6 is 11.3 Å². The molecule has 0 radical (unpaired) electrons. The van der Waals surface area contributed by atoms with Gasteiger partial charge in [-0.3, -0.25) is 4.79 Å². The van der Waals surface area contributed by atoms with Crippen molar-refractivity contribution in [3.8, 4) is 16.9 Å². The number of hydrogen-bond donors (Lipinski definition) is 0. The minimum absolute atomic E-state index is 0.155. The molecule has 5 nitrogen and oxygen atoms in total. The third-order valence-electron chi connectivity index (χ3n) is 5.99. The highest BCUT2D eigenvalue weighted by atomic mass is 32.1. The molecule has 0 bridgehead atoms. The summed E-state index contributed by atoms with van der Waals surface area (Å²) in [7, 11) is 4.03. The molecule has 32 heavy (non-hydrogen) atoms. The Bertz CT molecular complexity index is 1070. The number of ether oxygens (including phenoxy) is 2. The van der Waals surface area contributed by atoms with E-state index in [2.05, 4.69) is 36.4 Å². The van der Waals surface area contributed by atoms with Crippen molar-refractivity contribution in [2.75, 3.05) is 32.2 Å². The highest BCUT2D eigenvalue weighted by Gasteiger charge is 2.18. The molecule has 1 aromatic heterocycles. The first-order valence-electron chi connectivity index (χ1n) is 11.5. The maximum Gasteiger partial charge on any atom is 0.306 e. The highest BCUT2D eigenvalue weighted by molar-refractivity contribution is 7.22. The molecule has 6 heteroatoms. The van der Waals surface area contributed by atoms with Crippen molar-refractivity contribution in [1.82, 2.24) is 4.98 Å². The number of esters is 1. The lowest BCUT2D eigenvalue weighted by molar-refractivity contribution is -0.143. The van der Waals surface area contributed by atoms with Gasteiger partial charge in [-0.1, -0.05) is 36.3 Å². The Hall–Kier alpha value is -2.60. The third-order valence-corrected chi connectivity index (χ3v) is 7.17. The summed E-state index contributed by atoms with van der Waals surface area (Å²) >= 11 is 1.69. The van der Waals surface area contributed by atoms with Crippen LogP contribution in [-0.4, -0.2) is 38.3 Å². The summed E-state index contributed by atoms with van der Waals surface area (Å²) in [6.45, 7) is 3.02. The van der Waals surface area contributed by atoms with Gasteiger partial charge in [0.15, 0.2) is 5.13 Å². The molecular formula is C26H32N2O3S. The summed E-state index contributed by atoms with van der Waals surface area (Å²) in [5, 5.41) is 0.998. The number of carbonyl (C=O) groups is 1. The zero-order valence-corrected chi connectivity index (χ0v) is 20.0. The molecule has 170 valence electrons. The lowest BCUT2D eigenvalue weighted by Gasteiger charge is -2.16. The monoisotopic (exact) mass is 452 g/mol. The number of fused-ring (bicyclic) bond motifs is 1.